The van der Waals surface area contributed by atoms with Crippen molar-refractivity contribution in [3.05, 3.63) is 53.8 Å². The molecule has 2 aliphatic rings. The second kappa shape index (κ2) is 10.9. The summed E-state index contributed by atoms with van der Waals surface area (Å²) in [6.45, 7) is 12.8. The fourth-order valence-electron chi connectivity index (χ4n) is 5.76. The van der Waals surface area contributed by atoms with Gasteiger partial charge in [0.25, 0.3) is 0 Å². The summed E-state index contributed by atoms with van der Waals surface area (Å²) >= 11 is 0. The van der Waals surface area contributed by atoms with Crippen LogP contribution in [0.15, 0.2) is 43.0 Å². The lowest BCUT2D eigenvalue weighted by Crippen LogP contribution is -2.52. The number of ether oxygens (including phenoxy) is 1. The Balaban J connectivity index is 1.85. The van der Waals surface area contributed by atoms with Gasteiger partial charge in [-0.15, -0.1) is 6.58 Å². The third kappa shape index (κ3) is 5.57. The maximum absolute atomic E-state index is 12.8. The number of hydrogen-bond acceptors (Lipinski definition) is 3. The first-order chi connectivity index (χ1) is 15.3. The van der Waals surface area contributed by atoms with Gasteiger partial charge < -0.3 is 9.57 Å². The van der Waals surface area contributed by atoms with E-state index >= 15 is 0 Å². The number of unbranched alkanes of at least 4 members (excludes halogenated alkanes) is 2. The average Bonchev–Trinajstić information content (AvgIpc) is 2.78. The van der Waals surface area contributed by atoms with Gasteiger partial charge in [-0.3, -0.25) is 5.21 Å². The van der Waals surface area contributed by atoms with Crippen molar-refractivity contribution in [3.63, 3.8) is 0 Å². The summed E-state index contributed by atoms with van der Waals surface area (Å²) in [5.41, 5.74) is 2.10. The average molecular weight is 442 g/mol. The first-order valence-corrected chi connectivity index (χ1v) is 12.7. The highest BCUT2D eigenvalue weighted by Crippen LogP contribution is 2.45. The molecule has 0 bridgehead atoms. The second-order valence-corrected chi connectivity index (χ2v) is 10.4. The predicted molar refractivity (Wildman–Crippen MR) is 131 cm³/mol. The van der Waals surface area contributed by atoms with Gasteiger partial charge in [-0.1, -0.05) is 89.3 Å². The highest BCUT2D eigenvalue weighted by Gasteiger charge is 2.47. The summed E-state index contributed by atoms with van der Waals surface area (Å²) < 4.78 is 6.89. The molecule has 0 aromatic heterocycles. The van der Waals surface area contributed by atoms with Gasteiger partial charge in [-0.2, -0.15) is 0 Å². The van der Waals surface area contributed by atoms with Crippen LogP contribution in [0.25, 0.3) is 0 Å². The van der Waals surface area contributed by atoms with Gasteiger partial charge in [0.15, 0.2) is 5.79 Å². The lowest BCUT2D eigenvalue weighted by atomic mass is 9.66. The van der Waals surface area contributed by atoms with Gasteiger partial charge >= 0.3 is 0 Å². The number of rotatable bonds is 10. The lowest BCUT2D eigenvalue weighted by Gasteiger charge is -2.48. The van der Waals surface area contributed by atoms with E-state index in [0.29, 0.717) is 12.3 Å². The van der Waals surface area contributed by atoms with Crippen molar-refractivity contribution in [1.82, 2.24) is 0 Å². The van der Waals surface area contributed by atoms with E-state index in [1.54, 1.807) is 0 Å². The first kappa shape index (κ1) is 24.8. The van der Waals surface area contributed by atoms with Crippen LogP contribution in [-0.4, -0.2) is 22.5 Å². The molecular formula is C28H43NO3. The van der Waals surface area contributed by atoms with Crippen molar-refractivity contribution in [2.75, 3.05) is 0 Å². The van der Waals surface area contributed by atoms with E-state index in [1.807, 2.05) is 13.0 Å². The third-order valence-electron chi connectivity index (χ3n) is 7.81. The quantitative estimate of drug-likeness (QED) is 0.217. The molecule has 1 aliphatic heterocycles. The minimum atomic E-state index is -0.924. The SMILES string of the molecule is C=CCC1(O[C@@H]2CCCC[C@H]2C(C)(C)c2ccccc2)CC(CCCCC)C(C)=[N+]([O-])O1. The summed E-state index contributed by atoms with van der Waals surface area (Å²) in [7, 11) is 0. The Hall–Kier alpha value is -1.81. The first-order valence-electron chi connectivity index (χ1n) is 12.7. The maximum atomic E-state index is 12.8. The number of nitrogens with zero attached hydrogens (tertiary/aromatic N) is 1. The minimum Gasteiger partial charge on any atom is -0.369 e. The molecule has 0 radical (unpaired) electrons. The Morgan fingerprint density at radius 1 is 1.22 bits per heavy atom. The Bertz CT molecular complexity index is 772. The zero-order valence-corrected chi connectivity index (χ0v) is 20.6. The van der Waals surface area contributed by atoms with Crippen LogP contribution in [0.4, 0.5) is 0 Å². The monoisotopic (exact) mass is 441 g/mol. The van der Waals surface area contributed by atoms with Gasteiger partial charge in [-0.25, -0.2) is 0 Å². The van der Waals surface area contributed by atoms with Gasteiger partial charge in [0, 0.05) is 30.6 Å². The standard InChI is InChI=1S/C28H43NO3/c1-6-8-10-15-23-21-28(20-7-2,32-29(30)22(23)3)31-26-19-14-13-18-25(26)27(4,5)24-16-11-9-12-17-24/h7,9,11-12,16-17,23,25-26H,2,6,8,10,13-15,18-21H2,1,3-5H3/t23?,25-,26-,28?/m1/s1. The number of hydrogen-bond donors (Lipinski definition) is 0. The molecule has 178 valence electrons. The van der Waals surface area contributed by atoms with Crippen molar-refractivity contribution in [1.29, 1.82) is 0 Å². The molecular weight excluding hydrogens is 398 g/mol. The Kier molecular flexibility index (Phi) is 8.43. The molecule has 4 nitrogen and oxygen atoms in total. The van der Waals surface area contributed by atoms with Crippen molar-refractivity contribution < 1.29 is 14.5 Å². The van der Waals surface area contributed by atoms with Crippen LogP contribution in [0.5, 0.6) is 0 Å². The van der Waals surface area contributed by atoms with Crippen molar-refractivity contribution in [2.45, 2.75) is 109 Å². The summed E-state index contributed by atoms with van der Waals surface area (Å²) in [6, 6.07) is 10.8. The van der Waals surface area contributed by atoms with E-state index in [1.165, 1.54) is 24.8 Å². The summed E-state index contributed by atoms with van der Waals surface area (Å²) in [4.78, 5) is 6.72. The number of benzene rings is 1. The fourth-order valence-corrected chi connectivity index (χ4v) is 5.76. The smallest absolute Gasteiger partial charge is 0.222 e. The second-order valence-electron chi connectivity index (χ2n) is 10.4. The van der Waals surface area contributed by atoms with Gasteiger partial charge in [0.2, 0.25) is 5.71 Å². The third-order valence-corrected chi connectivity index (χ3v) is 7.81. The molecule has 4 atom stereocenters. The molecule has 1 aromatic rings. The molecule has 4 heteroatoms. The van der Waals surface area contributed by atoms with Crippen LogP contribution in [-0.2, 0) is 15.0 Å². The molecule has 0 saturated heterocycles. The minimum absolute atomic E-state index is 0.0178. The van der Waals surface area contributed by atoms with E-state index in [-0.39, 0.29) is 17.4 Å². The van der Waals surface area contributed by atoms with Crippen molar-refractivity contribution >= 4 is 5.71 Å². The molecule has 0 N–H and O–H groups in total. The normalized spacial score (nSPS) is 28.9. The van der Waals surface area contributed by atoms with E-state index < -0.39 is 5.79 Å². The molecule has 0 spiro atoms. The van der Waals surface area contributed by atoms with Crippen molar-refractivity contribution in [2.24, 2.45) is 11.8 Å². The van der Waals surface area contributed by atoms with Crippen LogP contribution in [0.1, 0.15) is 97.5 Å². The highest BCUT2D eigenvalue weighted by atomic mass is 16.9. The van der Waals surface area contributed by atoms with Gasteiger partial charge in [-0.05, 0) is 36.2 Å². The highest BCUT2D eigenvalue weighted by molar-refractivity contribution is 5.79. The lowest BCUT2D eigenvalue weighted by molar-refractivity contribution is -0.791. The Labute approximate surface area is 195 Å². The van der Waals surface area contributed by atoms with E-state index in [0.717, 1.165) is 49.1 Å². The zero-order chi connectivity index (χ0) is 23.2. The summed E-state index contributed by atoms with van der Waals surface area (Å²) in [6.07, 6.45) is 12.2. The van der Waals surface area contributed by atoms with Gasteiger partial charge in [0.1, 0.15) is 0 Å². The topological polar surface area (TPSA) is 44.5 Å². The Morgan fingerprint density at radius 2 is 1.94 bits per heavy atom. The van der Waals surface area contributed by atoms with Crippen LogP contribution in [0, 0.1) is 17.0 Å². The predicted octanol–water partition coefficient (Wildman–Crippen LogP) is 7.32. The molecule has 2 unspecified atom stereocenters. The molecule has 1 aliphatic carbocycles. The van der Waals surface area contributed by atoms with Crippen LogP contribution in [0.3, 0.4) is 0 Å². The zero-order valence-electron chi connectivity index (χ0n) is 20.6. The molecule has 1 heterocycles. The van der Waals surface area contributed by atoms with Crippen LogP contribution < -0.4 is 0 Å². The van der Waals surface area contributed by atoms with Crippen LogP contribution >= 0.6 is 0 Å². The van der Waals surface area contributed by atoms with E-state index in [2.05, 4.69) is 57.7 Å². The van der Waals surface area contributed by atoms with Gasteiger partial charge in [0.05, 0.1) is 6.10 Å². The largest absolute Gasteiger partial charge is 0.369 e. The van der Waals surface area contributed by atoms with Crippen LogP contribution in [0.2, 0.25) is 0 Å². The summed E-state index contributed by atoms with van der Waals surface area (Å²) in [5.74, 6) is -0.362. The van der Waals surface area contributed by atoms with Crippen molar-refractivity contribution in [3.8, 4) is 0 Å². The molecule has 32 heavy (non-hydrogen) atoms. The molecule has 0 amide bonds. The molecule has 1 saturated carbocycles. The summed E-state index contributed by atoms with van der Waals surface area (Å²) in [5, 5.41) is 12.8. The molecule has 1 aromatic carbocycles. The Morgan fingerprint density at radius 3 is 2.62 bits per heavy atom. The molecule has 1 fully saturated rings. The fraction of sp³-hybridized carbons (Fsp3) is 0.679. The van der Waals surface area contributed by atoms with E-state index in [4.69, 9.17) is 9.57 Å². The maximum Gasteiger partial charge on any atom is 0.222 e. The molecule has 3 rings (SSSR count). The van der Waals surface area contributed by atoms with E-state index in [9.17, 15) is 5.21 Å².